The second kappa shape index (κ2) is 14.0. The largest absolute Gasteiger partial charge is 0.351 e. The van der Waals surface area contributed by atoms with Gasteiger partial charge in [0.1, 0.15) is 0 Å². The molecule has 332 valence electrons. The predicted octanol–water partition coefficient (Wildman–Crippen LogP) is 7.34. The lowest BCUT2D eigenvalue weighted by Crippen LogP contribution is -2.73. The molecule has 5 aliphatic rings. The van der Waals surface area contributed by atoms with Gasteiger partial charge in [0, 0.05) is 62.4 Å². The predicted molar refractivity (Wildman–Crippen MR) is 224 cm³/mol. The Labute approximate surface area is 347 Å². The third-order valence-electron chi connectivity index (χ3n) is 14.4. The summed E-state index contributed by atoms with van der Waals surface area (Å²) < 4.78 is 0. The maximum Gasteiger partial charge on any atom is 0.229 e. The molecule has 6 heterocycles. The first kappa shape index (κ1) is 45.5. The maximum atomic E-state index is 11.9. The fourth-order valence-electron chi connectivity index (χ4n) is 13.5. The summed E-state index contributed by atoms with van der Waals surface area (Å²) in [6.45, 7) is 32.6. The number of hydroxylamine groups is 10. The summed E-state index contributed by atoms with van der Waals surface area (Å²) in [4.78, 5) is 15.0. The number of nitrogens with one attached hydrogen (secondary N) is 3. The van der Waals surface area contributed by atoms with Crippen LogP contribution < -0.4 is 16.0 Å². The Morgan fingerprint density at radius 2 is 0.552 bits per heavy atom. The fourth-order valence-corrected chi connectivity index (χ4v) is 13.5. The second-order valence-corrected chi connectivity index (χ2v) is 24.3. The highest BCUT2D eigenvalue weighted by Gasteiger charge is 2.61. The van der Waals surface area contributed by atoms with Gasteiger partial charge in [-0.1, -0.05) is 0 Å². The number of aromatic nitrogens is 3. The van der Waals surface area contributed by atoms with Crippen LogP contribution in [0.3, 0.4) is 0 Å². The zero-order valence-corrected chi connectivity index (χ0v) is 38.6. The minimum atomic E-state index is -0.625. The minimum Gasteiger partial charge on any atom is -0.351 e. The van der Waals surface area contributed by atoms with Gasteiger partial charge in [-0.05, 0) is 175 Å². The van der Waals surface area contributed by atoms with Crippen molar-refractivity contribution in [2.75, 3.05) is 16.0 Å². The van der Waals surface area contributed by atoms with Crippen LogP contribution in [0, 0.1) is 0 Å². The molecule has 0 amide bonds. The van der Waals surface area contributed by atoms with Crippen molar-refractivity contribution in [3.05, 3.63) is 0 Å². The normalized spacial score (nSPS) is 32.8. The smallest absolute Gasteiger partial charge is 0.229 e. The highest BCUT2D eigenvalue weighted by molar-refractivity contribution is 5.44. The third kappa shape index (κ3) is 8.20. The average molecular weight is 818 g/mol. The molecule has 6 rings (SSSR count). The van der Waals surface area contributed by atoms with Crippen molar-refractivity contribution in [3.63, 3.8) is 0 Å². The van der Waals surface area contributed by atoms with Gasteiger partial charge >= 0.3 is 0 Å². The van der Waals surface area contributed by atoms with Crippen LogP contribution in [-0.4, -0.2) is 140 Å². The lowest BCUT2D eigenvalue weighted by molar-refractivity contribution is -0.323. The van der Waals surface area contributed by atoms with Gasteiger partial charge < -0.3 is 42.0 Å². The third-order valence-corrected chi connectivity index (χ3v) is 14.4. The van der Waals surface area contributed by atoms with E-state index in [1.807, 2.05) is 83.1 Å². The highest BCUT2D eigenvalue weighted by atomic mass is 16.5. The molecule has 5 fully saturated rings. The summed E-state index contributed by atoms with van der Waals surface area (Å²) in [6.07, 6.45) is 6.07. The molecule has 5 saturated heterocycles. The van der Waals surface area contributed by atoms with E-state index in [0.29, 0.717) is 82.1 Å². The van der Waals surface area contributed by atoms with Crippen LogP contribution in [0.4, 0.5) is 17.8 Å². The van der Waals surface area contributed by atoms with Crippen molar-refractivity contribution in [1.29, 1.82) is 0 Å². The molecule has 1 aromatic rings. The number of hydrogen-bond donors (Lipinski definition) is 8. The zero-order chi connectivity index (χ0) is 43.7. The van der Waals surface area contributed by atoms with Crippen LogP contribution in [0.1, 0.15) is 175 Å². The van der Waals surface area contributed by atoms with Crippen molar-refractivity contribution in [1.82, 2.24) is 40.3 Å². The summed E-state index contributed by atoms with van der Waals surface area (Å²) in [5.74, 6) is 1.27. The number of rotatable bonds is 6. The Balaban J connectivity index is 1.35. The molecule has 2 spiro atoms. The molecule has 0 bridgehead atoms. The summed E-state index contributed by atoms with van der Waals surface area (Å²) in [6, 6.07) is -0.249. The topological polar surface area (TPSA) is 192 Å². The summed E-state index contributed by atoms with van der Waals surface area (Å²) in [5, 5.41) is 75.9. The minimum absolute atomic E-state index is 0.0302. The first-order valence-corrected chi connectivity index (χ1v) is 21.6. The van der Waals surface area contributed by atoms with E-state index in [4.69, 9.17) is 15.0 Å². The van der Waals surface area contributed by atoms with Gasteiger partial charge in [0.2, 0.25) is 17.8 Å². The molecule has 0 aliphatic carbocycles. The van der Waals surface area contributed by atoms with E-state index >= 15 is 0 Å². The molecule has 16 heteroatoms. The van der Waals surface area contributed by atoms with Crippen LogP contribution in [0.5, 0.6) is 0 Å². The molecule has 2 unspecified atom stereocenters. The van der Waals surface area contributed by atoms with Gasteiger partial charge in [0.05, 0.1) is 11.1 Å². The lowest BCUT2D eigenvalue weighted by atomic mass is 9.63. The number of piperidine rings is 5. The van der Waals surface area contributed by atoms with Crippen LogP contribution in [-0.2, 0) is 0 Å². The molecule has 1 aromatic heterocycles. The molecule has 0 radical (unpaired) electrons. The van der Waals surface area contributed by atoms with E-state index in [9.17, 15) is 26.0 Å². The van der Waals surface area contributed by atoms with Crippen molar-refractivity contribution in [2.45, 2.75) is 249 Å². The van der Waals surface area contributed by atoms with Crippen molar-refractivity contribution < 1.29 is 26.0 Å². The first-order valence-electron chi connectivity index (χ1n) is 21.6. The van der Waals surface area contributed by atoms with Crippen molar-refractivity contribution >= 4 is 17.8 Å². The van der Waals surface area contributed by atoms with Gasteiger partial charge in [-0.25, -0.2) is 0 Å². The number of anilines is 3. The molecule has 58 heavy (non-hydrogen) atoms. The van der Waals surface area contributed by atoms with Crippen LogP contribution in [0.15, 0.2) is 0 Å². The molecule has 5 aliphatic heterocycles. The maximum absolute atomic E-state index is 11.9. The van der Waals surface area contributed by atoms with E-state index in [1.165, 1.54) is 15.2 Å². The Morgan fingerprint density at radius 1 is 0.345 bits per heavy atom. The standard InChI is InChI=1S/C42H79N11O5/c1-33(2)17-27(18-34(3,4)49(33)54)43-30-46-31(44-28-19-35(5,6)52(57)41(21-28)23-37(9,10)50(55)38(11,12)24-41)48-32(47-30)45-29-20-36(7,8)53(58)42(22-29)25-39(13,14)51(56)40(15,16)26-42/h27-29,54-58H,17-26H2,1-16H3,(H3,43,44,45,46,47,48). The number of hydrogen-bond acceptors (Lipinski definition) is 16. The summed E-state index contributed by atoms with van der Waals surface area (Å²) in [7, 11) is 0. The van der Waals surface area contributed by atoms with Crippen molar-refractivity contribution in [2.24, 2.45) is 0 Å². The Bertz CT molecular complexity index is 1550. The van der Waals surface area contributed by atoms with Gasteiger partial charge in [-0.3, -0.25) is 0 Å². The Morgan fingerprint density at radius 3 is 0.810 bits per heavy atom. The molecule has 0 aromatic carbocycles. The van der Waals surface area contributed by atoms with Crippen molar-refractivity contribution in [3.8, 4) is 0 Å². The number of nitrogens with zero attached hydrogens (tertiary/aromatic N) is 8. The average Bonchev–Trinajstić information content (AvgIpc) is 3.01. The Kier molecular flexibility index (Phi) is 11.0. The van der Waals surface area contributed by atoms with Gasteiger partial charge in [-0.2, -0.15) is 40.3 Å². The van der Waals surface area contributed by atoms with Gasteiger partial charge in [0.15, 0.2) is 0 Å². The van der Waals surface area contributed by atoms with Crippen LogP contribution >= 0.6 is 0 Å². The molecule has 8 N–H and O–H groups in total. The highest BCUT2D eigenvalue weighted by Crippen LogP contribution is 2.54. The SMILES string of the molecule is CC1(C)CC(Nc2nc(NC3CC(C)(C)N(O)C4(C3)CC(C)(C)N(O)C(C)(C)C4)nc(NC3CC(C)(C)N(O)C4(C3)CC(C)(C)N(O)C(C)(C)C4)n2)CC(C)(C)N1O. The Hall–Kier alpha value is -1.99. The van der Waals surface area contributed by atoms with Crippen LogP contribution in [0.25, 0.3) is 0 Å². The quantitative estimate of drug-likeness (QED) is 0.142. The molecular formula is C42H79N11O5. The van der Waals surface area contributed by atoms with E-state index in [-0.39, 0.29) is 18.1 Å². The zero-order valence-electron chi connectivity index (χ0n) is 38.6. The van der Waals surface area contributed by atoms with Gasteiger partial charge in [-0.15, -0.1) is 0 Å². The second-order valence-electron chi connectivity index (χ2n) is 24.3. The van der Waals surface area contributed by atoms with Crippen LogP contribution in [0.2, 0.25) is 0 Å². The molecule has 16 nitrogen and oxygen atoms in total. The molecule has 0 saturated carbocycles. The first-order chi connectivity index (χ1) is 26.1. The summed E-state index contributed by atoms with van der Waals surface area (Å²) in [5.41, 5.74) is -5.72. The van der Waals surface area contributed by atoms with E-state index in [1.54, 1.807) is 10.1 Å². The lowest BCUT2D eigenvalue weighted by Gasteiger charge is -2.63. The summed E-state index contributed by atoms with van der Waals surface area (Å²) >= 11 is 0. The van der Waals surface area contributed by atoms with E-state index in [0.717, 1.165) is 0 Å². The van der Waals surface area contributed by atoms with E-state index < -0.39 is 55.4 Å². The fraction of sp³-hybridized carbons (Fsp3) is 0.929. The molecule has 2 atom stereocenters. The molecular weight excluding hydrogens is 739 g/mol. The monoisotopic (exact) mass is 818 g/mol. The van der Waals surface area contributed by atoms with Gasteiger partial charge in [0.25, 0.3) is 0 Å². The van der Waals surface area contributed by atoms with E-state index in [2.05, 4.69) is 43.6 Å².